The summed E-state index contributed by atoms with van der Waals surface area (Å²) in [7, 11) is 0. The van der Waals surface area contributed by atoms with Crippen LogP contribution in [0.5, 0.6) is 0 Å². The van der Waals surface area contributed by atoms with E-state index in [9.17, 15) is 15.0 Å². The molecule has 44 heavy (non-hydrogen) atoms. The van der Waals surface area contributed by atoms with Crippen LogP contribution in [0, 0.1) is 46.3 Å². The number of fused-ring (bicyclic) bond motifs is 5. The van der Waals surface area contributed by atoms with Gasteiger partial charge in [0, 0.05) is 19.5 Å². The summed E-state index contributed by atoms with van der Waals surface area (Å²) >= 11 is 0. The summed E-state index contributed by atoms with van der Waals surface area (Å²) in [5.74, 6) is 3.94. The summed E-state index contributed by atoms with van der Waals surface area (Å²) in [6, 6.07) is 0. The van der Waals surface area contributed by atoms with Crippen LogP contribution in [0.2, 0.25) is 0 Å². The van der Waals surface area contributed by atoms with Gasteiger partial charge in [0.05, 0.1) is 12.2 Å². The lowest BCUT2D eigenvalue weighted by atomic mass is 9.43. The number of hydrogen-bond acceptors (Lipinski definition) is 3. The molecule has 0 aromatic heterocycles. The van der Waals surface area contributed by atoms with Gasteiger partial charge >= 0.3 is 0 Å². The van der Waals surface area contributed by atoms with Gasteiger partial charge in [0.15, 0.2) is 0 Å². The maximum absolute atomic E-state index is 13.7. The zero-order valence-electron chi connectivity index (χ0n) is 29.8. The average Bonchev–Trinajstić information content (AvgIpc) is 3.37. The van der Waals surface area contributed by atoms with Crippen molar-refractivity contribution in [1.82, 2.24) is 4.90 Å². The lowest BCUT2D eigenvalue weighted by Gasteiger charge is -2.62. The first-order valence-electron chi connectivity index (χ1n) is 19.8. The third kappa shape index (κ3) is 8.26. The molecule has 0 bridgehead atoms. The van der Waals surface area contributed by atoms with Crippen molar-refractivity contribution in [1.29, 1.82) is 0 Å². The van der Waals surface area contributed by atoms with Crippen LogP contribution in [0.15, 0.2) is 0 Å². The van der Waals surface area contributed by atoms with E-state index in [4.69, 9.17) is 0 Å². The number of hydrogen-bond donors (Lipinski definition) is 2. The summed E-state index contributed by atoms with van der Waals surface area (Å²) in [4.78, 5) is 15.9. The van der Waals surface area contributed by atoms with Gasteiger partial charge in [-0.25, -0.2) is 0 Å². The van der Waals surface area contributed by atoms with Crippen molar-refractivity contribution < 1.29 is 15.0 Å². The van der Waals surface area contributed by atoms with Crippen LogP contribution in [0.1, 0.15) is 176 Å². The molecule has 4 nitrogen and oxygen atoms in total. The Kier molecular flexibility index (Phi) is 14.0. The number of rotatable bonds is 18. The summed E-state index contributed by atoms with van der Waals surface area (Å²) < 4.78 is 0. The Morgan fingerprint density at radius 2 is 1.39 bits per heavy atom. The molecule has 1 amide bonds. The molecule has 0 unspecified atom stereocenters. The van der Waals surface area contributed by atoms with E-state index in [2.05, 4.69) is 39.5 Å². The maximum Gasteiger partial charge on any atom is 0.222 e. The molecule has 4 aliphatic rings. The van der Waals surface area contributed by atoms with E-state index in [0.29, 0.717) is 41.9 Å². The van der Waals surface area contributed by atoms with Gasteiger partial charge in [-0.3, -0.25) is 4.79 Å². The zero-order valence-corrected chi connectivity index (χ0v) is 29.8. The first kappa shape index (κ1) is 36.2. The molecule has 4 saturated carbocycles. The molecular formula is C40H73NO3. The highest BCUT2D eigenvalue weighted by Gasteiger charge is 2.63. The predicted octanol–water partition coefficient (Wildman–Crippen LogP) is 9.94. The second kappa shape index (κ2) is 17.0. The van der Waals surface area contributed by atoms with Gasteiger partial charge < -0.3 is 15.1 Å². The molecule has 4 aliphatic carbocycles. The van der Waals surface area contributed by atoms with E-state index in [1.54, 1.807) is 0 Å². The highest BCUT2D eigenvalue weighted by atomic mass is 16.3. The third-order valence-corrected chi connectivity index (χ3v) is 14.2. The van der Waals surface area contributed by atoms with Crippen molar-refractivity contribution in [2.45, 2.75) is 188 Å². The van der Waals surface area contributed by atoms with Crippen LogP contribution >= 0.6 is 0 Å². The van der Waals surface area contributed by atoms with Crippen molar-refractivity contribution in [2.75, 3.05) is 13.1 Å². The van der Waals surface area contributed by atoms with Crippen molar-refractivity contribution in [3.05, 3.63) is 0 Å². The molecule has 0 aromatic rings. The van der Waals surface area contributed by atoms with E-state index >= 15 is 0 Å². The van der Waals surface area contributed by atoms with Crippen LogP contribution < -0.4 is 0 Å². The molecule has 2 N–H and O–H groups in total. The third-order valence-electron chi connectivity index (χ3n) is 14.2. The van der Waals surface area contributed by atoms with Crippen LogP contribution in [0.4, 0.5) is 0 Å². The average molecular weight is 616 g/mol. The SMILES string of the molecule is CCCCCCCCN(CCCCCCCC)C(=O)CC[C@@H](C)[C@H]1CC[C@H]2[C@@H]3CC[C@@H]4C[C@H](O)CC[C@]4(C)[C@H]3C[C@H](O)[C@]12C. The topological polar surface area (TPSA) is 60.8 Å². The Balaban J connectivity index is 1.32. The fourth-order valence-corrected chi connectivity index (χ4v) is 11.4. The van der Waals surface area contributed by atoms with Gasteiger partial charge in [-0.2, -0.15) is 0 Å². The van der Waals surface area contributed by atoms with E-state index in [1.165, 1.54) is 89.9 Å². The summed E-state index contributed by atoms with van der Waals surface area (Å²) in [5, 5.41) is 22.4. The number of carbonyl (C=O) groups excluding carboxylic acids is 1. The minimum Gasteiger partial charge on any atom is -0.393 e. The van der Waals surface area contributed by atoms with Crippen molar-refractivity contribution >= 4 is 5.91 Å². The lowest BCUT2D eigenvalue weighted by Crippen LogP contribution is -2.58. The monoisotopic (exact) mass is 616 g/mol. The lowest BCUT2D eigenvalue weighted by molar-refractivity contribution is -0.175. The summed E-state index contributed by atoms with van der Waals surface area (Å²) in [6.45, 7) is 13.8. The molecule has 0 spiro atoms. The Morgan fingerprint density at radius 3 is 2.02 bits per heavy atom. The molecule has 0 radical (unpaired) electrons. The normalized spacial score (nSPS) is 37.2. The summed E-state index contributed by atoms with van der Waals surface area (Å²) in [5.41, 5.74) is 0.272. The number of aliphatic hydroxyl groups excluding tert-OH is 2. The molecule has 4 rings (SSSR count). The van der Waals surface area contributed by atoms with Crippen molar-refractivity contribution in [3.8, 4) is 0 Å². The van der Waals surface area contributed by atoms with E-state index in [1.807, 2.05) is 0 Å². The van der Waals surface area contributed by atoms with E-state index in [0.717, 1.165) is 64.0 Å². The Labute approximate surface area is 272 Å². The molecule has 10 atom stereocenters. The smallest absolute Gasteiger partial charge is 0.222 e. The van der Waals surface area contributed by atoms with Gasteiger partial charge in [-0.15, -0.1) is 0 Å². The molecule has 4 fully saturated rings. The number of amides is 1. The van der Waals surface area contributed by atoms with Crippen molar-refractivity contribution in [3.63, 3.8) is 0 Å². The zero-order chi connectivity index (χ0) is 31.7. The first-order chi connectivity index (χ1) is 21.2. The van der Waals surface area contributed by atoms with Gasteiger partial charge in [0.2, 0.25) is 5.91 Å². The van der Waals surface area contributed by atoms with Gasteiger partial charge in [0.1, 0.15) is 0 Å². The second-order valence-electron chi connectivity index (χ2n) is 16.8. The fourth-order valence-electron chi connectivity index (χ4n) is 11.4. The molecule has 0 saturated heterocycles. The van der Waals surface area contributed by atoms with Crippen LogP contribution in [-0.4, -0.2) is 46.3 Å². The van der Waals surface area contributed by atoms with Crippen LogP contribution in [0.3, 0.4) is 0 Å². The van der Waals surface area contributed by atoms with Gasteiger partial charge in [-0.1, -0.05) is 98.8 Å². The molecule has 4 heteroatoms. The second-order valence-corrected chi connectivity index (χ2v) is 16.8. The fraction of sp³-hybridized carbons (Fsp3) is 0.975. The molecule has 0 aromatic carbocycles. The minimum absolute atomic E-state index is 0.0162. The number of unbranched alkanes of at least 4 members (excludes halogenated alkanes) is 10. The van der Waals surface area contributed by atoms with Crippen LogP contribution in [-0.2, 0) is 4.79 Å². The van der Waals surface area contributed by atoms with Crippen molar-refractivity contribution in [2.24, 2.45) is 46.3 Å². The van der Waals surface area contributed by atoms with Crippen LogP contribution in [0.25, 0.3) is 0 Å². The van der Waals surface area contributed by atoms with Gasteiger partial charge in [0.25, 0.3) is 0 Å². The number of nitrogens with zero attached hydrogens (tertiary/aromatic N) is 1. The molecular weight excluding hydrogens is 542 g/mol. The Morgan fingerprint density at radius 1 is 0.773 bits per heavy atom. The molecule has 256 valence electrons. The summed E-state index contributed by atoms with van der Waals surface area (Å²) in [6.07, 6.45) is 25.6. The highest BCUT2D eigenvalue weighted by Crippen LogP contribution is 2.68. The quantitative estimate of drug-likeness (QED) is 0.151. The largest absolute Gasteiger partial charge is 0.393 e. The Hall–Kier alpha value is -0.610. The number of carbonyl (C=O) groups is 1. The Bertz CT molecular complexity index is 846. The minimum atomic E-state index is -0.237. The molecule has 0 heterocycles. The highest BCUT2D eigenvalue weighted by molar-refractivity contribution is 5.76. The predicted molar refractivity (Wildman–Crippen MR) is 184 cm³/mol. The number of aliphatic hydroxyl groups is 2. The van der Waals surface area contributed by atoms with E-state index < -0.39 is 0 Å². The maximum atomic E-state index is 13.7. The van der Waals surface area contributed by atoms with E-state index in [-0.39, 0.29) is 23.0 Å². The van der Waals surface area contributed by atoms with Gasteiger partial charge in [-0.05, 0) is 117 Å². The molecule has 0 aliphatic heterocycles. The first-order valence-corrected chi connectivity index (χ1v) is 19.8. The standard InChI is InChI=1S/C40H73NO3/c1-6-8-10-12-14-16-26-41(27-17-15-13-11-9-7-2)38(44)23-18-30(3)34-21-22-35-33-20-19-31-28-32(42)24-25-39(31,4)36(33)29-37(43)40(34,35)5/h30-37,42-43H,6-29H2,1-5H3/t30-,31-,32-,33+,34-,35+,36+,37+,39+,40-/m1/s1.